The Morgan fingerprint density at radius 2 is 1.90 bits per heavy atom. The maximum Gasteiger partial charge on any atom is 0.161 e. The summed E-state index contributed by atoms with van der Waals surface area (Å²) in [5.41, 5.74) is 5.98. The van der Waals surface area contributed by atoms with Gasteiger partial charge in [-0.05, 0) is 57.1 Å². The zero-order valence-corrected chi connectivity index (χ0v) is 13.3. The zero-order chi connectivity index (χ0) is 15.1. The number of hydrogen-bond acceptors (Lipinski definition) is 4. The first kappa shape index (κ1) is 16.1. The second-order valence-electron chi connectivity index (χ2n) is 5.73. The zero-order valence-electron chi connectivity index (χ0n) is 13.3. The molecule has 1 aliphatic rings. The van der Waals surface area contributed by atoms with Gasteiger partial charge in [0.05, 0.1) is 13.7 Å². The highest BCUT2D eigenvalue weighted by atomic mass is 16.5. The van der Waals surface area contributed by atoms with E-state index in [0.717, 1.165) is 18.0 Å². The molecule has 0 spiro atoms. The van der Waals surface area contributed by atoms with Crippen molar-refractivity contribution >= 4 is 0 Å². The Kier molecular flexibility index (Phi) is 6.33. The predicted molar refractivity (Wildman–Crippen MR) is 85.9 cm³/mol. The molecule has 0 bridgehead atoms. The summed E-state index contributed by atoms with van der Waals surface area (Å²) in [6.45, 7) is 7.11. The molecule has 1 saturated heterocycles. The molecule has 1 aromatic rings. The van der Waals surface area contributed by atoms with E-state index in [1.165, 1.54) is 25.9 Å². The fraction of sp³-hybridized carbons (Fsp3) is 0.647. The van der Waals surface area contributed by atoms with Crippen LogP contribution in [0.2, 0.25) is 0 Å². The van der Waals surface area contributed by atoms with E-state index in [0.29, 0.717) is 25.0 Å². The van der Waals surface area contributed by atoms with Gasteiger partial charge < -0.3 is 20.1 Å². The summed E-state index contributed by atoms with van der Waals surface area (Å²) in [4.78, 5) is 2.51. The average molecular weight is 292 g/mol. The molecule has 1 fully saturated rings. The van der Waals surface area contributed by atoms with E-state index in [9.17, 15) is 0 Å². The lowest BCUT2D eigenvalue weighted by atomic mass is 9.84. The van der Waals surface area contributed by atoms with Crippen molar-refractivity contribution in [2.45, 2.75) is 19.8 Å². The second kappa shape index (κ2) is 8.25. The predicted octanol–water partition coefficient (Wildman–Crippen LogP) is 2.38. The van der Waals surface area contributed by atoms with Crippen LogP contribution in [0.5, 0.6) is 11.5 Å². The largest absolute Gasteiger partial charge is 0.493 e. The molecule has 21 heavy (non-hydrogen) atoms. The Morgan fingerprint density at radius 1 is 1.24 bits per heavy atom. The number of nitrogens with two attached hydrogens (primary N) is 1. The third-order valence-electron chi connectivity index (χ3n) is 4.57. The number of rotatable bonds is 7. The monoisotopic (exact) mass is 292 g/mol. The molecule has 2 rings (SSSR count). The smallest absolute Gasteiger partial charge is 0.161 e. The first-order valence-corrected chi connectivity index (χ1v) is 7.96. The van der Waals surface area contributed by atoms with E-state index in [2.05, 4.69) is 11.8 Å². The number of ether oxygens (including phenoxy) is 2. The van der Waals surface area contributed by atoms with Crippen LogP contribution in [0.4, 0.5) is 0 Å². The molecule has 4 nitrogen and oxygen atoms in total. The van der Waals surface area contributed by atoms with E-state index in [4.69, 9.17) is 15.2 Å². The average Bonchev–Trinajstić information content (AvgIpc) is 2.56. The summed E-state index contributed by atoms with van der Waals surface area (Å²) in [6, 6.07) is 7.79. The van der Waals surface area contributed by atoms with E-state index >= 15 is 0 Å². The quantitative estimate of drug-likeness (QED) is 0.838. The standard InChI is InChI=1S/C17H28N2O2/c1-3-19-10-8-14(9-11-19)15(12-18)13-21-17-7-5-4-6-16(17)20-2/h4-7,14-15H,3,8-13,18H2,1-2H3. The van der Waals surface area contributed by atoms with Crippen LogP contribution in [0.3, 0.4) is 0 Å². The van der Waals surface area contributed by atoms with Crippen LogP contribution in [-0.4, -0.2) is 44.8 Å². The van der Waals surface area contributed by atoms with Gasteiger partial charge >= 0.3 is 0 Å². The molecule has 2 N–H and O–H groups in total. The molecule has 1 aliphatic heterocycles. The van der Waals surface area contributed by atoms with Gasteiger partial charge in [-0.2, -0.15) is 0 Å². The SMILES string of the molecule is CCN1CCC(C(CN)COc2ccccc2OC)CC1. The van der Waals surface area contributed by atoms with Crippen molar-refractivity contribution in [1.29, 1.82) is 0 Å². The fourth-order valence-electron chi connectivity index (χ4n) is 3.07. The van der Waals surface area contributed by atoms with Crippen LogP contribution in [0.1, 0.15) is 19.8 Å². The summed E-state index contributed by atoms with van der Waals surface area (Å²) in [5, 5.41) is 0. The number of likely N-dealkylation sites (tertiary alicyclic amines) is 1. The molecule has 0 aliphatic carbocycles. The lowest BCUT2D eigenvalue weighted by Gasteiger charge is -2.35. The minimum atomic E-state index is 0.425. The van der Waals surface area contributed by atoms with E-state index in [1.807, 2.05) is 24.3 Å². The maximum atomic E-state index is 5.98. The topological polar surface area (TPSA) is 47.7 Å². The first-order chi connectivity index (χ1) is 10.3. The number of benzene rings is 1. The van der Waals surface area contributed by atoms with Crippen LogP contribution >= 0.6 is 0 Å². The summed E-state index contributed by atoms with van der Waals surface area (Å²) in [7, 11) is 1.67. The Morgan fingerprint density at radius 3 is 2.48 bits per heavy atom. The minimum Gasteiger partial charge on any atom is -0.493 e. The third kappa shape index (κ3) is 4.35. The van der Waals surface area contributed by atoms with Crippen molar-refractivity contribution < 1.29 is 9.47 Å². The molecule has 0 amide bonds. The molecular weight excluding hydrogens is 264 g/mol. The molecule has 0 radical (unpaired) electrons. The molecule has 1 heterocycles. The summed E-state index contributed by atoms with van der Waals surface area (Å²) < 4.78 is 11.3. The number of nitrogens with zero attached hydrogens (tertiary/aromatic N) is 1. The van der Waals surface area contributed by atoms with Crippen LogP contribution in [0, 0.1) is 11.8 Å². The summed E-state index contributed by atoms with van der Waals surface area (Å²) >= 11 is 0. The number of para-hydroxylation sites is 2. The van der Waals surface area contributed by atoms with E-state index < -0.39 is 0 Å². The third-order valence-corrected chi connectivity index (χ3v) is 4.57. The Labute approximate surface area is 128 Å². The van der Waals surface area contributed by atoms with Crippen molar-refractivity contribution in [2.75, 3.05) is 39.9 Å². The summed E-state index contributed by atoms with van der Waals surface area (Å²) in [5.74, 6) is 2.69. The van der Waals surface area contributed by atoms with Gasteiger partial charge in [0.1, 0.15) is 0 Å². The second-order valence-corrected chi connectivity index (χ2v) is 5.73. The van der Waals surface area contributed by atoms with Crippen molar-refractivity contribution in [3.05, 3.63) is 24.3 Å². The maximum absolute atomic E-state index is 5.98. The van der Waals surface area contributed by atoms with Crippen LogP contribution in [0.15, 0.2) is 24.3 Å². The number of hydrogen-bond donors (Lipinski definition) is 1. The normalized spacial score (nSPS) is 18.4. The van der Waals surface area contributed by atoms with Gasteiger partial charge in [-0.3, -0.25) is 0 Å². The highest BCUT2D eigenvalue weighted by Crippen LogP contribution is 2.29. The van der Waals surface area contributed by atoms with Gasteiger partial charge in [-0.1, -0.05) is 19.1 Å². The van der Waals surface area contributed by atoms with E-state index in [-0.39, 0.29) is 0 Å². The van der Waals surface area contributed by atoms with E-state index in [1.54, 1.807) is 7.11 Å². The van der Waals surface area contributed by atoms with Crippen molar-refractivity contribution in [2.24, 2.45) is 17.6 Å². The van der Waals surface area contributed by atoms with Crippen molar-refractivity contribution in [3.8, 4) is 11.5 Å². The number of piperidine rings is 1. The Bertz CT molecular complexity index is 417. The Hall–Kier alpha value is -1.26. The highest BCUT2D eigenvalue weighted by molar-refractivity contribution is 5.39. The van der Waals surface area contributed by atoms with Gasteiger partial charge in [-0.25, -0.2) is 0 Å². The van der Waals surface area contributed by atoms with Crippen LogP contribution < -0.4 is 15.2 Å². The molecule has 0 saturated carbocycles. The van der Waals surface area contributed by atoms with Gasteiger partial charge in [0.2, 0.25) is 0 Å². The first-order valence-electron chi connectivity index (χ1n) is 7.96. The molecule has 0 aromatic heterocycles. The highest BCUT2D eigenvalue weighted by Gasteiger charge is 2.25. The molecule has 1 aromatic carbocycles. The van der Waals surface area contributed by atoms with Gasteiger partial charge in [-0.15, -0.1) is 0 Å². The van der Waals surface area contributed by atoms with Crippen LogP contribution in [-0.2, 0) is 0 Å². The molecular formula is C17H28N2O2. The van der Waals surface area contributed by atoms with Crippen LogP contribution in [0.25, 0.3) is 0 Å². The van der Waals surface area contributed by atoms with Gasteiger partial charge in [0.15, 0.2) is 11.5 Å². The summed E-state index contributed by atoms with van der Waals surface area (Å²) in [6.07, 6.45) is 2.45. The van der Waals surface area contributed by atoms with Crippen molar-refractivity contribution in [1.82, 2.24) is 4.90 Å². The molecule has 118 valence electrons. The Balaban J connectivity index is 1.88. The minimum absolute atomic E-state index is 0.425. The van der Waals surface area contributed by atoms with Gasteiger partial charge in [0.25, 0.3) is 0 Å². The number of methoxy groups -OCH3 is 1. The molecule has 1 atom stereocenters. The lowest BCUT2D eigenvalue weighted by Crippen LogP contribution is -2.39. The molecule has 4 heteroatoms. The van der Waals surface area contributed by atoms with Crippen molar-refractivity contribution in [3.63, 3.8) is 0 Å². The molecule has 1 unspecified atom stereocenters. The van der Waals surface area contributed by atoms with Gasteiger partial charge in [0, 0.05) is 5.92 Å². The fourth-order valence-corrected chi connectivity index (χ4v) is 3.07. The lowest BCUT2D eigenvalue weighted by molar-refractivity contribution is 0.120.